The van der Waals surface area contributed by atoms with Gasteiger partial charge >= 0.3 is 0 Å². The minimum absolute atomic E-state index is 0.143. The minimum atomic E-state index is -0.143. The molecule has 4 nitrogen and oxygen atoms in total. The van der Waals surface area contributed by atoms with Crippen molar-refractivity contribution >= 4 is 34.1 Å². The Morgan fingerprint density at radius 3 is 2.71 bits per heavy atom. The molecule has 28 heavy (non-hydrogen) atoms. The molecule has 0 atom stereocenters. The number of carbonyl (C=O) groups is 1. The highest BCUT2D eigenvalue weighted by Crippen LogP contribution is 2.28. The maximum atomic E-state index is 12.6. The molecule has 1 amide bonds. The lowest BCUT2D eigenvalue weighted by Gasteiger charge is -2.07. The highest BCUT2D eigenvalue weighted by molar-refractivity contribution is 7.99. The van der Waals surface area contributed by atoms with Crippen LogP contribution in [-0.2, 0) is 0 Å². The van der Waals surface area contributed by atoms with Crippen molar-refractivity contribution in [3.63, 3.8) is 0 Å². The van der Waals surface area contributed by atoms with E-state index in [2.05, 4.69) is 31.1 Å². The van der Waals surface area contributed by atoms with Crippen molar-refractivity contribution in [2.75, 3.05) is 11.9 Å². The van der Waals surface area contributed by atoms with Crippen LogP contribution < -0.4 is 10.1 Å². The molecular formula is C22H24N2O2S2. The summed E-state index contributed by atoms with van der Waals surface area (Å²) in [6.45, 7) is 7.07. The van der Waals surface area contributed by atoms with E-state index in [1.165, 1.54) is 11.3 Å². The van der Waals surface area contributed by atoms with E-state index in [0.29, 0.717) is 22.6 Å². The summed E-state index contributed by atoms with van der Waals surface area (Å²) in [6.07, 6.45) is 0.982. The minimum Gasteiger partial charge on any atom is -0.494 e. The predicted molar refractivity (Wildman–Crippen MR) is 119 cm³/mol. The van der Waals surface area contributed by atoms with Crippen LogP contribution in [0, 0.1) is 0 Å². The second-order valence-corrected chi connectivity index (χ2v) is 9.07. The van der Waals surface area contributed by atoms with E-state index in [4.69, 9.17) is 4.74 Å². The Balaban J connectivity index is 1.66. The van der Waals surface area contributed by atoms with E-state index in [1.807, 2.05) is 53.9 Å². The molecule has 1 heterocycles. The summed E-state index contributed by atoms with van der Waals surface area (Å²) in [5.74, 6) is 0.712. The Morgan fingerprint density at radius 1 is 1.21 bits per heavy atom. The highest BCUT2D eigenvalue weighted by atomic mass is 32.2. The van der Waals surface area contributed by atoms with Crippen molar-refractivity contribution in [2.45, 2.75) is 37.3 Å². The molecule has 3 rings (SSSR count). The quantitative estimate of drug-likeness (QED) is 0.438. The zero-order valence-corrected chi connectivity index (χ0v) is 17.9. The summed E-state index contributed by atoms with van der Waals surface area (Å²) in [5.41, 5.74) is 2.47. The molecule has 0 spiro atoms. The molecule has 146 valence electrons. The molecule has 6 heteroatoms. The average molecular weight is 413 g/mol. The van der Waals surface area contributed by atoms with Crippen LogP contribution in [0.25, 0.3) is 11.3 Å². The summed E-state index contributed by atoms with van der Waals surface area (Å²) in [5, 5.41) is 5.91. The van der Waals surface area contributed by atoms with Gasteiger partial charge in [-0.1, -0.05) is 26.8 Å². The van der Waals surface area contributed by atoms with Gasteiger partial charge in [-0.15, -0.1) is 23.1 Å². The fourth-order valence-electron chi connectivity index (χ4n) is 2.56. The maximum absolute atomic E-state index is 12.6. The molecule has 0 fully saturated rings. The number of rotatable bonds is 8. The Bertz CT molecular complexity index is 920. The van der Waals surface area contributed by atoms with Crippen LogP contribution >= 0.6 is 23.1 Å². The number of anilines is 1. The Kier molecular flexibility index (Phi) is 7.12. The molecule has 1 aromatic heterocycles. The number of thiazole rings is 1. The zero-order valence-electron chi connectivity index (χ0n) is 16.3. The van der Waals surface area contributed by atoms with Crippen molar-refractivity contribution in [3.05, 3.63) is 59.5 Å². The summed E-state index contributed by atoms with van der Waals surface area (Å²) >= 11 is 3.16. The van der Waals surface area contributed by atoms with E-state index in [9.17, 15) is 4.79 Å². The van der Waals surface area contributed by atoms with Gasteiger partial charge in [-0.3, -0.25) is 10.1 Å². The molecule has 0 aliphatic carbocycles. The number of amides is 1. The third-order valence-electron chi connectivity index (χ3n) is 3.82. The standard InChI is InChI=1S/C22H24N2O2S2/c1-4-12-26-18-10-8-16(9-11-18)20-14-27-22(23-20)24-21(25)17-6-5-7-19(13-17)28-15(2)3/h5-11,13-15H,4,12H2,1-3H3,(H,23,24,25). The van der Waals surface area contributed by atoms with Crippen LogP contribution in [0.5, 0.6) is 5.75 Å². The summed E-state index contributed by atoms with van der Waals surface area (Å²) < 4.78 is 5.61. The van der Waals surface area contributed by atoms with Crippen molar-refractivity contribution in [2.24, 2.45) is 0 Å². The monoisotopic (exact) mass is 412 g/mol. The first kappa shape index (κ1) is 20.4. The number of hydrogen-bond donors (Lipinski definition) is 1. The lowest BCUT2D eigenvalue weighted by molar-refractivity contribution is 0.102. The van der Waals surface area contributed by atoms with Gasteiger partial charge in [0.05, 0.1) is 12.3 Å². The number of hydrogen-bond acceptors (Lipinski definition) is 5. The van der Waals surface area contributed by atoms with Gasteiger partial charge in [0.1, 0.15) is 5.75 Å². The number of nitrogens with one attached hydrogen (secondary N) is 1. The third-order valence-corrected chi connectivity index (χ3v) is 5.57. The van der Waals surface area contributed by atoms with Gasteiger partial charge in [-0.25, -0.2) is 4.98 Å². The number of aromatic nitrogens is 1. The lowest BCUT2D eigenvalue weighted by Crippen LogP contribution is -2.11. The normalized spacial score (nSPS) is 10.9. The largest absolute Gasteiger partial charge is 0.494 e. The van der Waals surface area contributed by atoms with Crippen LogP contribution in [0.15, 0.2) is 58.8 Å². The van der Waals surface area contributed by atoms with Gasteiger partial charge in [0.15, 0.2) is 5.13 Å². The van der Waals surface area contributed by atoms with E-state index in [1.54, 1.807) is 11.8 Å². The topological polar surface area (TPSA) is 51.2 Å². The van der Waals surface area contributed by atoms with Crippen LogP contribution in [0.2, 0.25) is 0 Å². The van der Waals surface area contributed by atoms with Gasteiger partial charge in [-0.05, 0) is 48.9 Å². The summed E-state index contributed by atoms with van der Waals surface area (Å²) in [6, 6.07) is 15.5. The smallest absolute Gasteiger partial charge is 0.257 e. The average Bonchev–Trinajstić information content (AvgIpc) is 3.15. The fourth-order valence-corrected chi connectivity index (χ4v) is 4.17. The van der Waals surface area contributed by atoms with Crippen LogP contribution in [-0.4, -0.2) is 22.7 Å². The fraction of sp³-hybridized carbons (Fsp3) is 0.273. The first-order valence-corrected chi connectivity index (χ1v) is 11.1. The lowest BCUT2D eigenvalue weighted by atomic mass is 10.2. The van der Waals surface area contributed by atoms with Crippen LogP contribution in [0.1, 0.15) is 37.6 Å². The molecule has 1 N–H and O–H groups in total. The van der Waals surface area contributed by atoms with Crippen LogP contribution in [0.3, 0.4) is 0 Å². The molecule has 0 saturated carbocycles. The second-order valence-electron chi connectivity index (χ2n) is 6.56. The number of thioether (sulfide) groups is 1. The Morgan fingerprint density at radius 2 is 2.00 bits per heavy atom. The molecule has 2 aromatic carbocycles. The second kappa shape index (κ2) is 9.75. The van der Waals surface area contributed by atoms with E-state index >= 15 is 0 Å². The Labute approximate surface area is 174 Å². The molecule has 0 saturated heterocycles. The van der Waals surface area contributed by atoms with Crippen molar-refractivity contribution < 1.29 is 9.53 Å². The van der Waals surface area contributed by atoms with E-state index in [-0.39, 0.29) is 5.91 Å². The molecule has 0 aliphatic heterocycles. The molecular weight excluding hydrogens is 388 g/mol. The Hall–Kier alpha value is -2.31. The van der Waals surface area contributed by atoms with Gasteiger partial charge in [0, 0.05) is 26.7 Å². The summed E-state index contributed by atoms with van der Waals surface area (Å²) in [7, 11) is 0. The number of benzene rings is 2. The maximum Gasteiger partial charge on any atom is 0.257 e. The van der Waals surface area contributed by atoms with E-state index in [0.717, 1.165) is 28.3 Å². The van der Waals surface area contributed by atoms with Crippen molar-refractivity contribution in [3.8, 4) is 17.0 Å². The van der Waals surface area contributed by atoms with Gasteiger partial charge in [0.25, 0.3) is 5.91 Å². The molecule has 3 aromatic rings. The SMILES string of the molecule is CCCOc1ccc(-c2csc(NC(=O)c3cccc(SC(C)C)c3)n2)cc1. The highest BCUT2D eigenvalue weighted by Gasteiger charge is 2.11. The van der Waals surface area contributed by atoms with Crippen molar-refractivity contribution in [1.82, 2.24) is 4.98 Å². The van der Waals surface area contributed by atoms with Gasteiger partial charge in [0.2, 0.25) is 0 Å². The number of nitrogens with zero attached hydrogens (tertiary/aromatic N) is 1. The van der Waals surface area contributed by atoms with E-state index < -0.39 is 0 Å². The van der Waals surface area contributed by atoms with Crippen LogP contribution in [0.4, 0.5) is 5.13 Å². The van der Waals surface area contributed by atoms with Crippen molar-refractivity contribution in [1.29, 1.82) is 0 Å². The molecule has 0 radical (unpaired) electrons. The first-order valence-electron chi connectivity index (χ1n) is 9.32. The number of ether oxygens (including phenoxy) is 1. The molecule has 0 aliphatic rings. The third kappa shape index (κ3) is 5.59. The predicted octanol–water partition coefficient (Wildman–Crippen LogP) is 6.35. The van der Waals surface area contributed by atoms with Gasteiger partial charge in [-0.2, -0.15) is 0 Å². The molecule has 0 bridgehead atoms. The van der Waals surface area contributed by atoms with Gasteiger partial charge < -0.3 is 4.74 Å². The molecule has 0 unspecified atom stereocenters. The number of carbonyl (C=O) groups excluding carboxylic acids is 1. The zero-order chi connectivity index (χ0) is 19.9. The summed E-state index contributed by atoms with van der Waals surface area (Å²) in [4.78, 5) is 18.2. The first-order chi connectivity index (χ1) is 13.5.